The van der Waals surface area contributed by atoms with Crippen LogP contribution in [0.2, 0.25) is 0 Å². The Bertz CT molecular complexity index is 537. The van der Waals surface area contributed by atoms with Crippen LogP contribution in [0.5, 0.6) is 0 Å². The predicted octanol–water partition coefficient (Wildman–Crippen LogP) is 4.98. The van der Waals surface area contributed by atoms with Crippen LogP contribution in [0, 0.1) is 6.92 Å². The van der Waals surface area contributed by atoms with E-state index >= 15 is 0 Å². The van der Waals surface area contributed by atoms with Gasteiger partial charge in [0, 0.05) is 6.61 Å². The van der Waals surface area contributed by atoms with E-state index < -0.39 is 10.1 Å². The third-order valence-corrected chi connectivity index (χ3v) is 5.68. The second-order valence-electron chi connectivity index (χ2n) is 6.70. The Kier molecular flexibility index (Phi) is 11.8. The Morgan fingerprint density at radius 2 is 1.20 bits per heavy atom. The van der Waals surface area contributed by atoms with E-state index in [1.54, 1.807) is 24.3 Å². The molecule has 0 bridgehead atoms. The molecule has 25 heavy (non-hydrogen) atoms. The maximum absolute atomic E-state index is 12.0. The lowest BCUT2D eigenvalue weighted by Gasteiger charge is -2.06. The lowest BCUT2D eigenvalue weighted by atomic mass is 10.1. The van der Waals surface area contributed by atoms with Crippen molar-refractivity contribution in [2.75, 3.05) is 13.2 Å². The van der Waals surface area contributed by atoms with Crippen molar-refractivity contribution >= 4 is 10.1 Å². The summed E-state index contributed by atoms with van der Waals surface area (Å²) in [5.74, 6) is 0. The van der Waals surface area contributed by atoms with E-state index in [9.17, 15) is 8.42 Å². The Balaban J connectivity index is 1.97. The van der Waals surface area contributed by atoms with E-state index in [-0.39, 0.29) is 11.5 Å². The molecule has 0 aliphatic rings. The highest BCUT2D eigenvalue weighted by atomic mass is 32.2. The van der Waals surface area contributed by atoms with E-state index in [0.717, 1.165) is 37.7 Å². The van der Waals surface area contributed by atoms with E-state index in [0.29, 0.717) is 6.61 Å². The van der Waals surface area contributed by atoms with Gasteiger partial charge in [-0.3, -0.25) is 4.18 Å². The first-order valence-corrected chi connectivity index (χ1v) is 11.0. The first-order valence-electron chi connectivity index (χ1n) is 9.63. The van der Waals surface area contributed by atoms with Crippen LogP contribution < -0.4 is 0 Å². The molecule has 0 saturated heterocycles. The fraction of sp³-hybridized carbons (Fsp3) is 0.700. The van der Waals surface area contributed by atoms with Crippen molar-refractivity contribution in [3.63, 3.8) is 0 Å². The Labute approximate surface area is 153 Å². The molecule has 0 spiro atoms. The van der Waals surface area contributed by atoms with Crippen LogP contribution in [0.1, 0.15) is 76.2 Å². The zero-order valence-corrected chi connectivity index (χ0v) is 16.4. The minimum Gasteiger partial charge on any atom is -0.396 e. The van der Waals surface area contributed by atoms with Gasteiger partial charge in [0.2, 0.25) is 0 Å². The zero-order chi connectivity index (χ0) is 18.4. The van der Waals surface area contributed by atoms with Gasteiger partial charge in [0.25, 0.3) is 10.1 Å². The third kappa shape index (κ3) is 10.6. The summed E-state index contributed by atoms with van der Waals surface area (Å²) in [4.78, 5) is 0.233. The molecule has 0 aliphatic carbocycles. The van der Waals surface area contributed by atoms with Crippen molar-refractivity contribution in [3.05, 3.63) is 29.8 Å². The number of hydrogen-bond donors (Lipinski definition) is 1. The molecule has 4 nitrogen and oxygen atoms in total. The van der Waals surface area contributed by atoms with Gasteiger partial charge in [0.05, 0.1) is 11.5 Å². The lowest BCUT2D eigenvalue weighted by Crippen LogP contribution is -2.07. The van der Waals surface area contributed by atoms with Crippen molar-refractivity contribution in [3.8, 4) is 0 Å². The number of benzene rings is 1. The van der Waals surface area contributed by atoms with Gasteiger partial charge in [-0.1, -0.05) is 75.5 Å². The Morgan fingerprint density at radius 3 is 1.68 bits per heavy atom. The molecule has 1 rings (SSSR count). The molecule has 0 amide bonds. The number of aliphatic hydroxyl groups excluding tert-OH is 1. The molecule has 144 valence electrons. The van der Waals surface area contributed by atoms with Crippen LogP contribution in [0.3, 0.4) is 0 Å². The number of aliphatic hydroxyl groups is 1. The zero-order valence-electron chi connectivity index (χ0n) is 15.6. The van der Waals surface area contributed by atoms with Crippen LogP contribution in [-0.4, -0.2) is 26.7 Å². The molecule has 0 saturated carbocycles. The number of aryl methyl sites for hydroxylation is 1. The van der Waals surface area contributed by atoms with Gasteiger partial charge in [-0.05, 0) is 31.9 Å². The SMILES string of the molecule is Cc1ccc(S(=O)(=O)OCCCCCCCCCCCCCO)cc1. The normalized spacial score (nSPS) is 11.8. The van der Waals surface area contributed by atoms with Gasteiger partial charge < -0.3 is 5.11 Å². The maximum Gasteiger partial charge on any atom is 0.296 e. The van der Waals surface area contributed by atoms with Crippen LogP contribution in [0.15, 0.2) is 29.2 Å². The number of rotatable bonds is 15. The smallest absolute Gasteiger partial charge is 0.296 e. The van der Waals surface area contributed by atoms with Gasteiger partial charge in [-0.25, -0.2) is 0 Å². The van der Waals surface area contributed by atoms with Crippen LogP contribution >= 0.6 is 0 Å². The van der Waals surface area contributed by atoms with Gasteiger partial charge in [-0.15, -0.1) is 0 Å². The molecule has 0 heterocycles. The molecule has 0 atom stereocenters. The quantitative estimate of drug-likeness (QED) is 0.349. The summed E-state index contributed by atoms with van der Waals surface area (Å²) in [7, 11) is -3.61. The van der Waals surface area contributed by atoms with Crippen LogP contribution in [0.25, 0.3) is 0 Å². The summed E-state index contributed by atoms with van der Waals surface area (Å²) < 4.78 is 29.1. The molecule has 0 unspecified atom stereocenters. The first-order chi connectivity index (χ1) is 12.1. The molecule has 0 fully saturated rings. The average molecular weight is 371 g/mol. The van der Waals surface area contributed by atoms with Gasteiger partial charge in [-0.2, -0.15) is 8.42 Å². The van der Waals surface area contributed by atoms with Crippen molar-refractivity contribution in [2.45, 2.75) is 82.4 Å². The standard InChI is InChI=1S/C20H34O4S/c1-19-13-15-20(16-14-19)25(22,23)24-18-12-10-8-6-4-2-3-5-7-9-11-17-21/h13-16,21H,2-12,17-18H2,1H3. The van der Waals surface area contributed by atoms with Crippen LogP contribution in [0.4, 0.5) is 0 Å². The maximum atomic E-state index is 12.0. The average Bonchev–Trinajstić information content (AvgIpc) is 2.59. The second-order valence-corrected chi connectivity index (χ2v) is 8.32. The van der Waals surface area contributed by atoms with E-state index in [1.165, 1.54) is 38.5 Å². The van der Waals surface area contributed by atoms with Crippen LogP contribution in [-0.2, 0) is 14.3 Å². The van der Waals surface area contributed by atoms with E-state index in [4.69, 9.17) is 9.29 Å². The molecular weight excluding hydrogens is 336 g/mol. The highest BCUT2D eigenvalue weighted by molar-refractivity contribution is 7.86. The van der Waals surface area contributed by atoms with Crippen molar-refractivity contribution in [2.24, 2.45) is 0 Å². The van der Waals surface area contributed by atoms with Gasteiger partial charge in [0.1, 0.15) is 0 Å². The van der Waals surface area contributed by atoms with Crippen molar-refractivity contribution in [1.29, 1.82) is 0 Å². The summed E-state index contributed by atoms with van der Waals surface area (Å²) in [6, 6.07) is 6.74. The fourth-order valence-electron chi connectivity index (χ4n) is 2.75. The highest BCUT2D eigenvalue weighted by Gasteiger charge is 2.14. The molecule has 0 aromatic heterocycles. The predicted molar refractivity (Wildman–Crippen MR) is 102 cm³/mol. The van der Waals surface area contributed by atoms with E-state index in [2.05, 4.69) is 0 Å². The topological polar surface area (TPSA) is 63.6 Å². The summed E-state index contributed by atoms with van der Waals surface area (Å²) >= 11 is 0. The summed E-state index contributed by atoms with van der Waals surface area (Å²) in [5, 5.41) is 8.70. The third-order valence-electron chi connectivity index (χ3n) is 4.35. The highest BCUT2D eigenvalue weighted by Crippen LogP contribution is 2.15. The molecule has 0 radical (unpaired) electrons. The van der Waals surface area contributed by atoms with Crippen molar-refractivity contribution in [1.82, 2.24) is 0 Å². The molecule has 1 N–H and O–H groups in total. The number of hydrogen-bond acceptors (Lipinski definition) is 4. The minimum absolute atomic E-state index is 0.233. The monoisotopic (exact) mass is 370 g/mol. The lowest BCUT2D eigenvalue weighted by molar-refractivity contribution is 0.282. The van der Waals surface area contributed by atoms with Gasteiger partial charge >= 0.3 is 0 Å². The summed E-state index contributed by atoms with van der Waals surface area (Å²) in [6.07, 6.45) is 12.5. The first kappa shape index (κ1) is 22.1. The van der Waals surface area contributed by atoms with Gasteiger partial charge in [0.15, 0.2) is 0 Å². The molecule has 0 aliphatic heterocycles. The van der Waals surface area contributed by atoms with E-state index in [1.807, 2.05) is 6.92 Å². The Morgan fingerprint density at radius 1 is 0.760 bits per heavy atom. The molecule has 1 aromatic rings. The molecule has 1 aromatic carbocycles. The molecule has 5 heteroatoms. The minimum atomic E-state index is -3.61. The number of unbranched alkanes of at least 4 members (excludes halogenated alkanes) is 10. The largest absolute Gasteiger partial charge is 0.396 e. The van der Waals surface area contributed by atoms with Crippen molar-refractivity contribution < 1.29 is 17.7 Å². The summed E-state index contributed by atoms with van der Waals surface area (Å²) in [5.41, 5.74) is 1.03. The summed E-state index contributed by atoms with van der Waals surface area (Å²) in [6.45, 7) is 2.51. The molecular formula is C20H34O4S. The fourth-order valence-corrected chi connectivity index (χ4v) is 3.69. The Hall–Kier alpha value is -0.910. The second kappa shape index (κ2) is 13.3.